The third kappa shape index (κ3) is 16.0. The molecule has 10 nitrogen and oxygen atoms in total. The smallest absolute Gasteiger partial charge is 0.316 e. The zero-order chi connectivity index (χ0) is 29.0. The lowest BCUT2D eigenvalue weighted by Gasteiger charge is -2.10. The van der Waals surface area contributed by atoms with E-state index in [1.165, 1.54) is 18.6 Å². The Morgan fingerprint density at radius 3 is 1.90 bits per heavy atom. The second-order valence-corrected chi connectivity index (χ2v) is 14.9. The van der Waals surface area contributed by atoms with E-state index in [4.69, 9.17) is 14.2 Å². The highest BCUT2D eigenvalue weighted by atomic mass is 33.1. The lowest BCUT2D eigenvalue weighted by atomic mass is 10.1. The Kier molecular flexibility index (Phi) is 18.4. The molecule has 0 aliphatic carbocycles. The Morgan fingerprint density at radius 1 is 0.756 bits per heavy atom. The van der Waals surface area contributed by atoms with Gasteiger partial charge in [-0.1, -0.05) is 34.4 Å². The molecule has 236 valence electrons. The molecular weight excluding hydrogens is 585 g/mol. The van der Waals surface area contributed by atoms with Crippen LogP contribution in [0.4, 0.5) is 4.79 Å². The van der Waals surface area contributed by atoms with Gasteiger partial charge in [0, 0.05) is 55.4 Å². The summed E-state index contributed by atoms with van der Waals surface area (Å²) in [6.07, 6.45) is 11.5. The molecule has 13 heteroatoms. The summed E-state index contributed by atoms with van der Waals surface area (Å²) in [7, 11) is 3.98. The van der Waals surface area contributed by atoms with Crippen molar-refractivity contribution < 1.29 is 28.6 Å². The Balaban J connectivity index is 0.964. The molecule has 4 atom stereocenters. The van der Waals surface area contributed by atoms with Crippen LogP contribution in [0.15, 0.2) is 0 Å². The van der Waals surface area contributed by atoms with E-state index in [1.54, 1.807) is 0 Å². The molecule has 0 saturated carbocycles. The summed E-state index contributed by atoms with van der Waals surface area (Å²) in [6, 6.07) is 0.206. The number of ether oxygens (including phenoxy) is 3. The van der Waals surface area contributed by atoms with Crippen LogP contribution in [0.1, 0.15) is 77.0 Å². The van der Waals surface area contributed by atoms with Gasteiger partial charge in [0.15, 0.2) is 0 Å². The maximum Gasteiger partial charge on any atom is 0.316 e. The van der Waals surface area contributed by atoms with Crippen molar-refractivity contribution in [2.24, 2.45) is 0 Å². The Morgan fingerprint density at radius 2 is 1.34 bits per heavy atom. The third-order valence-electron chi connectivity index (χ3n) is 7.22. The van der Waals surface area contributed by atoms with Gasteiger partial charge in [0.05, 0.1) is 37.8 Å². The minimum Gasteiger partial charge on any atom is -0.379 e. The van der Waals surface area contributed by atoms with Crippen LogP contribution in [0.25, 0.3) is 0 Å². The molecule has 4 amide bonds. The van der Waals surface area contributed by atoms with Gasteiger partial charge < -0.3 is 35.5 Å². The first-order valence-corrected chi connectivity index (χ1v) is 18.7. The predicted octanol–water partition coefficient (Wildman–Crippen LogP) is 3.84. The largest absolute Gasteiger partial charge is 0.379 e. The molecule has 0 aromatic carbocycles. The molecule has 3 heterocycles. The van der Waals surface area contributed by atoms with Gasteiger partial charge >= 0.3 is 6.03 Å². The van der Waals surface area contributed by atoms with Crippen molar-refractivity contribution >= 4 is 51.2 Å². The lowest BCUT2D eigenvalue weighted by Crippen LogP contribution is -2.27. The SMILES string of the molecule is O=C(CCCC[C@@H]1CCSS1)NCCCOCCOCCOCCCNC(=O)CCCC[C@H]1C[C@H]2NC(=O)N[C@@H]2S1. The summed E-state index contributed by atoms with van der Waals surface area (Å²) < 4.78 is 16.6. The molecule has 0 bridgehead atoms. The Labute approximate surface area is 257 Å². The van der Waals surface area contributed by atoms with E-state index in [0.717, 1.165) is 56.6 Å². The third-order valence-corrected chi connectivity index (χ3v) is 11.8. The van der Waals surface area contributed by atoms with Crippen molar-refractivity contribution in [2.45, 2.75) is 99.0 Å². The van der Waals surface area contributed by atoms with Gasteiger partial charge in [-0.05, 0) is 51.4 Å². The van der Waals surface area contributed by atoms with Crippen LogP contribution in [0, 0.1) is 0 Å². The van der Waals surface area contributed by atoms with Gasteiger partial charge in [-0.2, -0.15) is 0 Å². The van der Waals surface area contributed by atoms with Crippen molar-refractivity contribution in [2.75, 3.05) is 58.5 Å². The molecule has 3 rings (SSSR count). The molecule has 0 radical (unpaired) electrons. The number of fused-ring (bicyclic) bond motifs is 1. The van der Waals surface area contributed by atoms with Crippen LogP contribution in [0.5, 0.6) is 0 Å². The number of rotatable bonds is 24. The Bertz CT molecular complexity index is 746. The number of hydrogen-bond acceptors (Lipinski definition) is 9. The molecule has 0 spiro atoms. The number of thioether (sulfide) groups is 1. The highest BCUT2D eigenvalue weighted by molar-refractivity contribution is 8.77. The molecule has 0 aromatic rings. The average molecular weight is 635 g/mol. The molecule has 0 aromatic heterocycles. The number of amides is 4. The van der Waals surface area contributed by atoms with Gasteiger partial charge in [-0.15, -0.1) is 11.8 Å². The summed E-state index contributed by atoms with van der Waals surface area (Å²) in [5, 5.41) is 13.4. The fourth-order valence-corrected chi connectivity index (χ4v) is 9.57. The summed E-state index contributed by atoms with van der Waals surface area (Å²) >= 11 is 1.84. The summed E-state index contributed by atoms with van der Waals surface area (Å²) in [5.74, 6) is 1.52. The summed E-state index contributed by atoms with van der Waals surface area (Å²) in [5.41, 5.74) is 0. The molecule has 3 fully saturated rings. The van der Waals surface area contributed by atoms with Gasteiger partial charge in [0.25, 0.3) is 0 Å². The minimum atomic E-state index is -0.0536. The first kappa shape index (κ1) is 34.6. The second kappa shape index (κ2) is 21.8. The zero-order valence-electron chi connectivity index (χ0n) is 24.3. The van der Waals surface area contributed by atoms with E-state index in [1.807, 2.05) is 33.3 Å². The molecule has 0 unspecified atom stereocenters. The number of carbonyl (C=O) groups is 3. The highest BCUT2D eigenvalue weighted by Crippen LogP contribution is 2.40. The van der Waals surface area contributed by atoms with Crippen LogP contribution in [-0.2, 0) is 23.8 Å². The van der Waals surface area contributed by atoms with Crippen molar-refractivity contribution in [3.63, 3.8) is 0 Å². The number of hydrogen-bond donors (Lipinski definition) is 4. The number of urea groups is 1. The molecule has 4 N–H and O–H groups in total. The van der Waals surface area contributed by atoms with E-state index in [9.17, 15) is 14.4 Å². The van der Waals surface area contributed by atoms with E-state index >= 15 is 0 Å². The normalized spacial score (nSPS) is 23.3. The van der Waals surface area contributed by atoms with Crippen molar-refractivity contribution in [1.82, 2.24) is 21.3 Å². The van der Waals surface area contributed by atoms with Gasteiger partial charge in [0.2, 0.25) is 11.8 Å². The van der Waals surface area contributed by atoms with Crippen molar-refractivity contribution in [3.8, 4) is 0 Å². The maximum absolute atomic E-state index is 12.0. The van der Waals surface area contributed by atoms with E-state index < -0.39 is 0 Å². The minimum absolute atomic E-state index is 0.0536. The average Bonchev–Trinajstić information content (AvgIpc) is 3.68. The molecule has 41 heavy (non-hydrogen) atoms. The first-order chi connectivity index (χ1) is 20.1. The molecule has 3 saturated heterocycles. The predicted molar refractivity (Wildman–Crippen MR) is 168 cm³/mol. The van der Waals surface area contributed by atoms with Crippen molar-refractivity contribution in [1.29, 1.82) is 0 Å². The van der Waals surface area contributed by atoms with Gasteiger partial charge in [0.1, 0.15) is 0 Å². The summed E-state index contributed by atoms with van der Waals surface area (Å²) in [4.78, 5) is 35.2. The standard InChI is InChI=1S/C28H50N4O6S3/c33-25(9-3-1-7-22-11-20-39-41-22)29-12-5-14-36-16-18-38-19-17-37-15-6-13-30-26(34)10-4-2-8-23-21-24-27(40-23)32-28(35)31-24/h22-24,27H,1-21H2,(H,29,33)(H,30,34)(H2,31,32,35)/t22-,23+,24-,27-/m1/s1. The quantitative estimate of drug-likeness (QED) is 0.0926. The monoisotopic (exact) mass is 634 g/mol. The van der Waals surface area contributed by atoms with E-state index in [-0.39, 0.29) is 29.3 Å². The fraction of sp³-hybridized carbons (Fsp3) is 0.893. The molecule has 3 aliphatic rings. The van der Waals surface area contributed by atoms with Gasteiger partial charge in [-0.3, -0.25) is 9.59 Å². The van der Waals surface area contributed by atoms with Crippen LogP contribution < -0.4 is 21.3 Å². The molecular formula is C28H50N4O6S3. The van der Waals surface area contributed by atoms with Crippen LogP contribution in [0.3, 0.4) is 0 Å². The van der Waals surface area contributed by atoms with Crippen LogP contribution in [0.2, 0.25) is 0 Å². The van der Waals surface area contributed by atoms with Gasteiger partial charge in [-0.25, -0.2) is 4.79 Å². The summed E-state index contributed by atoms with van der Waals surface area (Å²) in [6.45, 7) is 4.60. The second-order valence-electron chi connectivity index (χ2n) is 10.7. The lowest BCUT2D eigenvalue weighted by molar-refractivity contribution is -0.122. The zero-order valence-corrected chi connectivity index (χ0v) is 26.8. The highest BCUT2D eigenvalue weighted by Gasteiger charge is 2.40. The van der Waals surface area contributed by atoms with E-state index in [0.29, 0.717) is 70.8 Å². The number of carbonyl (C=O) groups excluding carboxylic acids is 3. The number of unbranched alkanes of at least 4 members (excludes halogenated alkanes) is 2. The molecule has 3 aliphatic heterocycles. The van der Waals surface area contributed by atoms with Crippen LogP contribution in [-0.4, -0.2) is 98.2 Å². The first-order valence-electron chi connectivity index (χ1n) is 15.4. The fourth-order valence-electron chi connectivity index (χ4n) is 4.96. The topological polar surface area (TPSA) is 127 Å². The number of nitrogens with one attached hydrogen (secondary N) is 4. The van der Waals surface area contributed by atoms with E-state index in [2.05, 4.69) is 21.3 Å². The maximum atomic E-state index is 12.0. The Hall–Kier alpha value is -0.860. The van der Waals surface area contributed by atoms with Crippen LogP contribution >= 0.6 is 33.3 Å². The van der Waals surface area contributed by atoms with Crippen molar-refractivity contribution in [3.05, 3.63) is 0 Å².